The van der Waals surface area contributed by atoms with E-state index < -0.39 is 0 Å². The Bertz CT molecular complexity index is 730. The lowest BCUT2D eigenvalue weighted by Gasteiger charge is -2.46. The summed E-state index contributed by atoms with van der Waals surface area (Å²) in [6.45, 7) is 2.37. The molecule has 0 saturated carbocycles. The highest BCUT2D eigenvalue weighted by Crippen LogP contribution is 2.48. The maximum atomic E-state index is 12.6. The predicted octanol–water partition coefficient (Wildman–Crippen LogP) is 2.99. The van der Waals surface area contributed by atoms with Crippen LogP contribution in [0.25, 0.3) is 10.9 Å². The van der Waals surface area contributed by atoms with Gasteiger partial charge in [-0.25, -0.2) is 0 Å². The van der Waals surface area contributed by atoms with Gasteiger partial charge in [0.15, 0.2) is 0 Å². The first-order valence-corrected chi connectivity index (χ1v) is 7.74. The molecule has 2 aromatic rings. The fourth-order valence-electron chi connectivity index (χ4n) is 4.75. The highest BCUT2D eigenvalue weighted by atomic mass is 16.2. The number of aromatic nitrogens is 1. The molecule has 3 heteroatoms. The van der Waals surface area contributed by atoms with Crippen LogP contribution in [-0.4, -0.2) is 28.5 Å². The first kappa shape index (κ1) is 11.1. The van der Waals surface area contributed by atoms with Crippen molar-refractivity contribution in [2.45, 2.75) is 31.7 Å². The van der Waals surface area contributed by atoms with E-state index in [0.717, 1.165) is 24.9 Å². The Kier molecular flexibility index (Phi) is 2.07. The molecule has 0 aliphatic carbocycles. The zero-order chi connectivity index (χ0) is 13.3. The van der Waals surface area contributed by atoms with Crippen molar-refractivity contribution in [1.29, 1.82) is 0 Å². The number of carbonyl (C=O) groups excluding carboxylic acids is 1. The van der Waals surface area contributed by atoms with Gasteiger partial charge in [-0.05, 0) is 43.4 Å². The van der Waals surface area contributed by atoms with E-state index in [0.29, 0.717) is 17.9 Å². The van der Waals surface area contributed by atoms with Crippen LogP contribution < -0.4 is 0 Å². The normalized spacial score (nSPS) is 28.7. The van der Waals surface area contributed by atoms with Crippen LogP contribution in [0.4, 0.5) is 0 Å². The lowest BCUT2D eigenvalue weighted by Crippen LogP contribution is -2.47. The van der Waals surface area contributed by atoms with Crippen LogP contribution in [0, 0.1) is 5.92 Å². The van der Waals surface area contributed by atoms with Crippen molar-refractivity contribution in [1.82, 2.24) is 9.47 Å². The second-order valence-corrected chi connectivity index (χ2v) is 6.45. The van der Waals surface area contributed by atoms with Gasteiger partial charge >= 0.3 is 0 Å². The van der Waals surface area contributed by atoms with Crippen molar-refractivity contribution in [3.8, 4) is 0 Å². The largest absolute Gasteiger partial charge is 0.294 e. The highest BCUT2D eigenvalue weighted by molar-refractivity contribution is 5.97. The van der Waals surface area contributed by atoms with Crippen molar-refractivity contribution in [2.75, 3.05) is 13.1 Å². The molecule has 1 fully saturated rings. The number of hydrogen-bond donors (Lipinski definition) is 0. The Labute approximate surface area is 118 Å². The van der Waals surface area contributed by atoms with Gasteiger partial charge in [-0.1, -0.05) is 18.2 Å². The van der Waals surface area contributed by atoms with Crippen LogP contribution >= 0.6 is 0 Å². The van der Waals surface area contributed by atoms with Gasteiger partial charge in [0.05, 0.1) is 11.6 Å². The fraction of sp³-hybridized carbons (Fsp3) is 0.471. The van der Waals surface area contributed by atoms with E-state index in [4.69, 9.17) is 0 Å². The van der Waals surface area contributed by atoms with E-state index in [2.05, 4.69) is 29.2 Å². The molecular weight excluding hydrogens is 248 g/mol. The van der Waals surface area contributed by atoms with Crippen LogP contribution in [0.2, 0.25) is 0 Å². The van der Waals surface area contributed by atoms with E-state index >= 15 is 0 Å². The van der Waals surface area contributed by atoms with Gasteiger partial charge in [-0.2, -0.15) is 0 Å². The van der Waals surface area contributed by atoms with Crippen LogP contribution in [0.3, 0.4) is 0 Å². The average Bonchev–Trinajstić information content (AvgIpc) is 2.82. The van der Waals surface area contributed by atoms with E-state index in [1.807, 2.05) is 4.57 Å². The third-order valence-electron chi connectivity index (χ3n) is 5.50. The molecular formula is C17H18N2O. The topological polar surface area (TPSA) is 25.2 Å². The first-order valence-electron chi connectivity index (χ1n) is 7.74. The lowest BCUT2D eigenvalue weighted by atomic mass is 9.79. The minimum atomic E-state index is 0.312. The zero-order valence-corrected chi connectivity index (χ0v) is 11.5. The number of para-hydroxylation sites is 1. The summed E-state index contributed by atoms with van der Waals surface area (Å²) in [6.07, 6.45) is 4.30. The molecule has 3 aliphatic rings. The summed E-state index contributed by atoms with van der Waals surface area (Å²) in [5, 5.41) is 1.31. The summed E-state index contributed by atoms with van der Waals surface area (Å²) in [5.41, 5.74) is 3.91. The van der Waals surface area contributed by atoms with Gasteiger partial charge < -0.3 is 0 Å². The molecule has 4 heterocycles. The van der Waals surface area contributed by atoms with Crippen molar-refractivity contribution in [3.05, 3.63) is 35.5 Å². The van der Waals surface area contributed by atoms with Crippen LogP contribution in [0.1, 0.15) is 41.4 Å². The van der Waals surface area contributed by atoms with Crippen molar-refractivity contribution < 1.29 is 4.79 Å². The quantitative estimate of drug-likeness (QED) is 0.732. The van der Waals surface area contributed by atoms with Crippen LogP contribution in [0.5, 0.6) is 0 Å². The summed E-state index contributed by atoms with van der Waals surface area (Å²) in [4.78, 5) is 15.3. The average molecular weight is 266 g/mol. The minimum Gasteiger partial charge on any atom is -0.294 e. The molecule has 0 N–H and O–H groups in total. The first-order chi connectivity index (χ1) is 9.84. The molecule has 0 unspecified atom stereocenters. The number of benzene rings is 1. The predicted molar refractivity (Wildman–Crippen MR) is 77.9 cm³/mol. The molecule has 3 aliphatic heterocycles. The van der Waals surface area contributed by atoms with Gasteiger partial charge in [0, 0.05) is 24.0 Å². The monoisotopic (exact) mass is 266 g/mol. The van der Waals surface area contributed by atoms with Crippen LogP contribution in [-0.2, 0) is 6.42 Å². The van der Waals surface area contributed by atoms with Crippen molar-refractivity contribution >= 4 is 16.8 Å². The highest BCUT2D eigenvalue weighted by Gasteiger charge is 2.44. The van der Waals surface area contributed by atoms with E-state index in [1.54, 1.807) is 0 Å². The molecule has 1 saturated heterocycles. The van der Waals surface area contributed by atoms with Gasteiger partial charge in [0.1, 0.15) is 0 Å². The second-order valence-electron chi connectivity index (χ2n) is 6.45. The molecule has 20 heavy (non-hydrogen) atoms. The number of piperidine rings is 1. The summed E-state index contributed by atoms with van der Waals surface area (Å²) >= 11 is 0. The molecule has 5 rings (SSSR count). The fourth-order valence-corrected chi connectivity index (χ4v) is 4.75. The molecule has 102 valence electrons. The number of fused-ring (bicyclic) bond motifs is 3. The second kappa shape index (κ2) is 3.73. The van der Waals surface area contributed by atoms with Crippen molar-refractivity contribution in [3.63, 3.8) is 0 Å². The van der Waals surface area contributed by atoms with Gasteiger partial charge in [0.2, 0.25) is 5.91 Å². The maximum absolute atomic E-state index is 12.6. The zero-order valence-electron chi connectivity index (χ0n) is 11.5. The summed E-state index contributed by atoms with van der Waals surface area (Å²) in [7, 11) is 0. The Morgan fingerprint density at radius 3 is 3.00 bits per heavy atom. The molecule has 0 radical (unpaired) electrons. The Morgan fingerprint density at radius 1 is 1.15 bits per heavy atom. The smallest absolute Gasteiger partial charge is 0.231 e. The number of rotatable bonds is 0. The molecule has 1 aromatic heterocycles. The van der Waals surface area contributed by atoms with Crippen LogP contribution in [0.15, 0.2) is 24.3 Å². The summed E-state index contributed by atoms with van der Waals surface area (Å²) < 4.78 is 2.04. The number of hydrogen-bond acceptors (Lipinski definition) is 2. The Morgan fingerprint density at radius 2 is 2.05 bits per heavy atom. The molecule has 0 spiro atoms. The molecule has 1 aromatic carbocycles. The van der Waals surface area contributed by atoms with Gasteiger partial charge in [0.25, 0.3) is 0 Å². The lowest BCUT2D eigenvalue weighted by molar-refractivity contribution is 0.0478. The third-order valence-corrected chi connectivity index (χ3v) is 5.50. The third kappa shape index (κ3) is 1.22. The SMILES string of the molecule is O=C1C[C@H]2CCCN3CCc4c(n1c1ccccc41)[C@H]23. The van der Waals surface area contributed by atoms with E-state index in [9.17, 15) is 4.79 Å². The minimum absolute atomic E-state index is 0.312. The summed E-state index contributed by atoms with van der Waals surface area (Å²) in [6, 6.07) is 8.95. The molecule has 3 nitrogen and oxygen atoms in total. The van der Waals surface area contributed by atoms with Gasteiger partial charge in [-0.3, -0.25) is 14.3 Å². The van der Waals surface area contributed by atoms with Crippen molar-refractivity contribution in [2.24, 2.45) is 5.92 Å². The van der Waals surface area contributed by atoms with E-state index in [1.165, 1.54) is 36.0 Å². The van der Waals surface area contributed by atoms with E-state index in [-0.39, 0.29) is 0 Å². The molecule has 0 bridgehead atoms. The van der Waals surface area contributed by atoms with Gasteiger partial charge in [-0.15, -0.1) is 0 Å². The number of nitrogens with zero attached hydrogens (tertiary/aromatic N) is 2. The Hall–Kier alpha value is -1.61. The summed E-state index contributed by atoms with van der Waals surface area (Å²) in [5.74, 6) is 0.861. The maximum Gasteiger partial charge on any atom is 0.231 e. The molecule has 2 atom stereocenters. The Balaban J connectivity index is 1.88. The molecule has 0 amide bonds. The standard InChI is InChI=1S/C17H18N2O/c20-15-10-11-4-3-8-18-9-7-13-12-5-1-2-6-14(12)19(15)17(13)16(11)18/h1-2,5-6,11,16H,3-4,7-10H2/t11-,16+/m1/s1. The number of carbonyl (C=O) groups is 1.